The Morgan fingerprint density at radius 1 is 1.29 bits per heavy atom. The van der Waals surface area contributed by atoms with Gasteiger partial charge in [0.05, 0.1) is 13.2 Å². The molecule has 0 bridgehead atoms. The van der Waals surface area contributed by atoms with Crippen molar-refractivity contribution < 1.29 is 14.3 Å². The highest BCUT2D eigenvalue weighted by Crippen LogP contribution is 2.41. The van der Waals surface area contributed by atoms with Gasteiger partial charge >= 0.3 is 0 Å². The fourth-order valence-electron chi connectivity index (χ4n) is 2.05. The van der Waals surface area contributed by atoms with Crippen molar-refractivity contribution in [1.82, 2.24) is 4.90 Å². The first-order valence-electron chi connectivity index (χ1n) is 4.82. The number of carbonyl (C=O) groups is 2. The molecule has 1 spiro atoms. The van der Waals surface area contributed by atoms with E-state index in [0.29, 0.717) is 19.6 Å². The van der Waals surface area contributed by atoms with E-state index >= 15 is 0 Å². The van der Waals surface area contributed by atoms with Crippen LogP contribution in [0.1, 0.15) is 27.2 Å². The zero-order chi connectivity index (χ0) is 10.6. The minimum Gasteiger partial charge on any atom is -0.379 e. The number of imide groups is 1. The van der Waals surface area contributed by atoms with Gasteiger partial charge in [0.25, 0.3) is 0 Å². The Labute approximate surface area is 83.2 Å². The summed E-state index contributed by atoms with van der Waals surface area (Å²) in [6.45, 7) is 6.44. The average molecular weight is 197 g/mol. The molecular weight excluding hydrogens is 182 g/mol. The van der Waals surface area contributed by atoms with E-state index in [0.717, 1.165) is 0 Å². The van der Waals surface area contributed by atoms with Crippen molar-refractivity contribution >= 4 is 11.8 Å². The monoisotopic (exact) mass is 197 g/mol. The van der Waals surface area contributed by atoms with E-state index in [1.807, 2.05) is 20.8 Å². The maximum atomic E-state index is 12.0. The molecule has 0 atom stereocenters. The Balaban J connectivity index is 2.29. The first-order chi connectivity index (χ1) is 6.37. The normalized spacial score (nSPS) is 25.8. The fraction of sp³-hybridized carbons (Fsp3) is 0.800. The summed E-state index contributed by atoms with van der Waals surface area (Å²) in [5.41, 5.74) is -0.919. The molecule has 0 saturated carbocycles. The van der Waals surface area contributed by atoms with Crippen LogP contribution >= 0.6 is 0 Å². The summed E-state index contributed by atoms with van der Waals surface area (Å²) in [6, 6.07) is 0. The van der Waals surface area contributed by atoms with Gasteiger partial charge in [-0.25, -0.2) is 0 Å². The van der Waals surface area contributed by atoms with Crippen LogP contribution in [0.15, 0.2) is 0 Å². The van der Waals surface area contributed by atoms with Gasteiger partial charge in [-0.3, -0.25) is 14.5 Å². The molecule has 2 rings (SSSR count). The SMILES string of the molecule is CC(C)(C)N1C(=O)CC2(COC2)C1=O. The topological polar surface area (TPSA) is 46.6 Å². The number of hydrogen-bond acceptors (Lipinski definition) is 3. The van der Waals surface area contributed by atoms with E-state index in [-0.39, 0.29) is 11.8 Å². The molecule has 2 saturated heterocycles. The molecule has 0 N–H and O–H groups in total. The lowest BCUT2D eigenvalue weighted by molar-refractivity contribution is -0.164. The van der Waals surface area contributed by atoms with Gasteiger partial charge in [0.15, 0.2) is 0 Å². The lowest BCUT2D eigenvalue weighted by Gasteiger charge is -2.37. The summed E-state index contributed by atoms with van der Waals surface area (Å²) in [6.07, 6.45) is 0.323. The molecule has 4 heteroatoms. The third-order valence-electron chi connectivity index (χ3n) is 2.82. The number of carbonyl (C=O) groups excluding carboxylic acids is 2. The van der Waals surface area contributed by atoms with E-state index < -0.39 is 11.0 Å². The fourth-order valence-corrected chi connectivity index (χ4v) is 2.05. The maximum absolute atomic E-state index is 12.0. The summed E-state index contributed by atoms with van der Waals surface area (Å²) in [4.78, 5) is 25.1. The molecule has 0 aliphatic carbocycles. The van der Waals surface area contributed by atoms with Crippen LogP contribution in [0.2, 0.25) is 0 Å². The first kappa shape index (κ1) is 9.65. The van der Waals surface area contributed by atoms with Crippen LogP contribution in [-0.2, 0) is 14.3 Å². The van der Waals surface area contributed by atoms with Crippen LogP contribution in [0.25, 0.3) is 0 Å². The molecule has 0 aromatic carbocycles. The smallest absolute Gasteiger partial charge is 0.241 e. The van der Waals surface area contributed by atoms with Gasteiger partial charge in [-0.2, -0.15) is 0 Å². The number of likely N-dealkylation sites (tertiary alicyclic amines) is 1. The van der Waals surface area contributed by atoms with Crippen molar-refractivity contribution in [3.8, 4) is 0 Å². The van der Waals surface area contributed by atoms with Crippen molar-refractivity contribution in [2.24, 2.45) is 5.41 Å². The highest BCUT2D eigenvalue weighted by Gasteiger charge is 2.58. The number of ether oxygens (including phenoxy) is 1. The summed E-state index contributed by atoms with van der Waals surface area (Å²) in [5, 5.41) is 0. The van der Waals surface area contributed by atoms with Crippen LogP contribution in [0.4, 0.5) is 0 Å². The molecule has 0 unspecified atom stereocenters. The van der Waals surface area contributed by atoms with Gasteiger partial charge in [0.1, 0.15) is 5.41 Å². The van der Waals surface area contributed by atoms with E-state index in [1.54, 1.807) is 0 Å². The van der Waals surface area contributed by atoms with Gasteiger partial charge < -0.3 is 4.74 Å². The summed E-state index contributed by atoms with van der Waals surface area (Å²) >= 11 is 0. The minimum absolute atomic E-state index is 0.0544. The Bertz CT molecular complexity index is 299. The van der Waals surface area contributed by atoms with Gasteiger partial charge in [0, 0.05) is 12.0 Å². The molecule has 0 radical (unpaired) electrons. The van der Waals surface area contributed by atoms with E-state index in [9.17, 15) is 9.59 Å². The second-order valence-corrected chi connectivity index (χ2v) is 5.16. The van der Waals surface area contributed by atoms with Gasteiger partial charge in [-0.05, 0) is 20.8 Å². The number of rotatable bonds is 0. The molecule has 4 nitrogen and oxygen atoms in total. The van der Waals surface area contributed by atoms with Crippen LogP contribution in [0.3, 0.4) is 0 Å². The quantitative estimate of drug-likeness (QED) is 0.533. The molecule has 2 heterocycles. The Hall–Kier alpha value is -0.900. The van der Waals surface area contributed by atoms with E-state index in [4.69, 9.17) is 4.74 Å². The van der Waals surface area contributed by atoms with Gasteiger partial charge in [0.2, 0.25) is 11.8 Å². The summed E-state index contributed by atoms with van der Waals surface area (Å²) in [7, 11) is 0. The van der Waals surface area contributed by atoms with Crippen molar-refractivity contribution in [3.63, 3.8) is 0 Å². The molecule has 14 heavy (non-hydrogen) atoms. The molecule has 2 aliphatic heterocycles. The van der Waals surface area contributed by atoms with E-state index in [2.05, 4.69) is 0 Å². The number of nitrogens with zero attached hydrogens (tertiary/aromatic N) is 1. The summed E-state index contributed by atoms with van der Waals surface area (Å²) in [5.74, 6) is -0.118. The Morgan fingerprint density at radius 2 is 1.86 bits per heavy atom. The predicted molar refractivity (Wildman–Crippen MR) is 49.5 cm³/mol. The molecule has 0 aromatic rings. The number of amides is 2. The largest absolute Gasteiger partial charge is 0.379 e. The maximum Gasteiger partial charge on any atom is 0.241 e. The first-order valence-corrected chi connectivity index (χ1v) is 4.82. The van der Waals surface area contributed by atoms with Gasteiger partial charge in [-0.15, -0.1) is 0 Å². The highest BCUT2D eigenvalue weighted by molar-refractivity contribution is 6.07. The van der Waals surface area contributed by atoms with Crippen molar-refractivity contribution in [1.29, 1.82) is 0 Å². The van der Waals surface area contributed by atoms with Crippen LogP contribution in [0.5, 0.6) is 0 Å². The molecule has 0 aromatic heterocycles. The third kappa shape index (κ3) is 1.10. The van der Waals surface area contributed by atoms with Crippen LogP contribution in [0, 0.1) is 5.41 Å². The highest BCUT2D eigenvalue weighted by atomic mass is 16.5. The van der Waals surface area contributed by atoms with Gasteiger partial charge in [-0.1, -0.05) is 0 Å². The molecule has 2 fully saturated rings. The lowest BCUT2D eigenvalue weighted by Crippen LogP contribution is -2.52. The Kier molecular flexibility index (Phi) is 1.77. The second-order valence-electron chi connectivity index (χ2n) is 5.16. The molecule has 2 aliphatic rings. The van der Waals surface area contributed by atoms with Crippen molar-refractivity contribution in [2.75, 3.05) is 13.2 Å². The minimum atomic E-state index is -0.510. The number of hydrogen-bond donors (Lipinski definition) is 0. The second kappa shape index (κ2) is 2.57. The standard InChI is InChI=1S/C10H15NO3/c1-9(2,3)11-7(12)4-10(8(11)13)5-14-6-10/h4-6H2,1-3H3. The lowest BCUT2D eigenvalue weighted by atomic mass is 9.84. The Morgan fingerprint density at radius 3 is 2.07 bits per heavy atom. The van der Waals surface area contributed by atoms with Crippen molar-refractivity contribution in [2.45, 2.75) is 32.7 Å². The van der Waals surface area contributed by atoms with Crippen LogP contribution in [-0.4, -0.2) is 35.5 Å². The molecule has 78 valence electrons. The third-order valence-corrected chi connectivity index (χ3v) is 2.82. The van der Waals surface area contributed by atoms with E-state index in [1.165, 1.54) is 4.90 Å². The predicted octanol–water partition coefficient (Wildman–Crippen LogP) is 0.560. The summed E-state index contributed by atoms with van der Waals surface area (Å²) < 4.78 is 5.04. The van der Waals surface area contributed by atoms with Crippen molar-refractivity contribution in [3.05, 3.63) is 0 Å². The average Bonchev–Trinajstić information content (AvgIpc) is 2.19. The zero-order valence-corrected chi connectivity index (χ0v) is 8.79. The molecule has 2 amide bonds. The zero-order valence-electron chi connectivity index (χ0n) is 8.79. The van der Waals surface area contributed by atoms with Crippen LogP contribution < -0.4 is 0 Å². The molecular formula is C10H15NO3.